The van der Waals surface area contributed by atoms with Crippen molar-refractivity contribution in [2.75, 3.05) is 0 Å². The summed E-state index contributed by atoms with van der Waals surface area (Å²) in [6, 6.07) is 4.40. The fourth-order valence-electron chi connectivity index (χ4n) is 1.18. The SMILES string of the molecule is CC(C)CC[C@H](N)c1ccc(Br)s1.Cl. The number of nitrogens with two attached hydrogens (primary N) is 1. The van der Waals surface area contributed by atoms with Gasteiger partial charge in [0.2, 0.25) is 0 Å². The van der Waals surface area contributed by atoms with Crippen molar-refractivity contribution in [1.29, 1.82) is 0 Å². The normalized spacial score (nSPS) is 12.6. The van der Waals surface area contributed by atoms with Crippen molar-refractivity contribution in [3.63, 3.8) is 0 Å². The van der Waals surface area contributed by atoms with Crippen LogP contribution in [0, 0.1) is 5.92 Å². The van der Waals surface area contributed by atoms with Gasteiger partial charge in [-0.3, -0.25) is 0 Å². The Morgan fingerprint density at radius 1 is 1.36 bits per heavy atom. The molecule has 2 N–H and O–H groups in total. The lowest BCUT2D eigenvalue weighted by Crippen LogP contribution is -2.09. The number of halogens is 2. The minimum absolute atomic E-state index is 0. The third-order valence-electron chi connectivity index (χ3n) is 2.01. The highest BCUT2D eigenvalue weighted by atomic mass is 79.9. The number of hydrogen-bond acceptors (Lipinski definition) is 2. The van der Waals surface area contributed by atoms with Crippen molar-refractivity contribution < 1.29 is 0 Å². The van der Waals surface area contributed by atoms with E-state index in [9.17, 15) is 0 Å². The molecule has 0 amide bonds. The lowest BCUT2D eigenvalue weighted by molar-refractivity contribution is 0.510. The Bertz CT molecular complexity index is 262. The summed E-state index contributed by atoms with van der Waals surface area (Å²) in [5.74, 6) is 0.745. The summed E-state index contributed by atoms with van der Waals surface area (Å²) >= 11 is 5.18. The van der Waals surface area contributed by atoms with Crippen LogP contribution in [0.5, 0.6) is 0 Å². The number of hydrogen-bond donors (Lipinski definition) is 1. The maximum Gasteiger partial charge on any atom is 0.0701 e. The van der Waals surface area contributed by atoms with E-state index in [1.165, 1.54) is 15.1 Å². The van der Waals surface area contributed by atoms with E-state index >= 15 is 0 Å². The molecule has 1 aromatic heterocycles. The maximum atomic E-state index is 6.05. The van der Waals surface area contributed by atoms with Crippen molar-refractivity contribution >= 4 is 39.7 Å². The van der Waals surface area contributed by atoms with Gasteiger partial charge in [0, 0.05) is 10.9 Å². The highest BCUT2D eigenvalue weighted by molar-refractivity contribution is 9.11. The van der Waals surface area contributed by atoms with Crippen LogP contribution >= 0.6 is 39.7 Å². The third kappa shape index (κ3) is 4.78. The second-order valence-corrected chi connectivity index (χ2v) is 6.21. The van der Waals surface area contributed by atoms with Crippen LogP contribution in [0.3, 0.4) is 0 Å². The molecule has 14 heavy (non-hydrogen) atoms. The first-order chi connectivity index (χ1) is 6.09. The number of rotatable bonds is 4. The molecule has 0 aliphatic carbocycles. The van der Waals surface area contributed by atoms with Gasteiger partial charge in [-0.2, -0.15) is 0 Å². The molecule has 82 valence electrons. The first-order valence-electron chi connectivity index (χ1n) is 4.60. The molecule has 1 aromatic rings. The average Bonchev–Trinajstić information content (AvgIpc) is 2.47. The van der Waals surface area contributed by atoms with Crippen molar-refractivity contribution in [1.82, 2.24) is 0 Å². The van der Waals surface area contributed by atoms with Gasteiger partial charge in [0.15, 0.2) is 0 Å². The predicted octanol–water partition coefficient (Wildman–Crippen LogP) is 4.37. The molecule has 0 saturated heterocycles. The number of thiophene rings is 1. The molecule has 0 bridgehead atoms. The zero-order valence-electron chi connectivity index (χ0n) is 8.50. The molecular formula is C10H17BrClNS. The summed E-state index contributed by atoms with van der Waals surface area (Å²) < 4.78 is 1.17. The van der Waals surface area contributed by atoms with Crippen LogP contribution in [0.4, 0.5) is 0 Å². The smallest absolute Gasteiger partial charge is 0.0701 e. The summed E-state index contributed by atoms with van der Waals surface area (Å²) in [4.78, 5) is 1.28. The van der Waals surface area contributed by atoms with E-state index in [4.69, 9.17) is 5.73 Å². The fraction of sp³-hybridized carbons (Fsp3) is 0.600. The zero-order valence-corrected chi connectivity index (χ0v) is 11.7. The van der Waals surface area contributed by atoms with Gasteiger partial charge in [-0.15, -0.1) is 23.7 Å². The van der Waals surface area contributed by atoms with Crippen molar-refractivity contribution in [2.24, 2.45) is 11.7 Å². The summed E-state index contributed by atoms with van der Waals surface area (Å²) in [5.41, 5.74) is 6.05. The van der Waals surface area contributed by atoms with E-state index in [2.05, 4.69) is 41.9 Å². The van der Waals surface area contributed by atoms with Gasteiger partial charge in [-0.05, 0) is 46.8 Å². The van der Waals surface area contributed by atoms with Gasteiger partial charge in [0.1, 0.15) is 0 Å². The average molecular weight is 299 g/mol. The lowest BCUT2D eigenvalue weighted by atomic mass is 10.0. The van der Waals surface area contributed by atoms with Crippen LogP contribution in [0.15, 0.2) is 15.9 Å². The van der Waals surface area contributed by atoms with E-state index in [1.54, 1.807) is 11.3 Å². The van der Waals surface area contributed by atoms with Crippen LogP contribution in [0.25, 0.3) is 0 Å². The molecule has 1 nitrogen and oxygen atoms in total. The molecule has 0 aromatic carbocycles. The Labute approximate surface area is 105 Å². The first-order valence-corrected chi connectivity index (χ1v) is 6.21. The Morgan fingerprint density at radius 2 is 2.00 bits per heavy atom. The van der Waals surface area contributed by atoms with Gasteiger partial charge in [0.05, 0.1) is 3.79 Å². The minimum Gasteiger partial charge on any atom is -0.323 e. The van der Waals surface area contributed by atoms with E-state index in [0.29, 0.717) is 0 Å². The summed E-state index contributed by atoms with van der Waals surface area (Å²) in [7, 11) is 0. The molecule has 0 radical (unpaired) electrons. The zero-order chi connectivity index (χ0) is 9.84. The van der Waals surface area contributed by atoms with Crippen molar-refractivity contribution in [3.8, 4) is 0 Å². The molecule has 1 rings (SSSR count). The van der Waals surface area contributed by atoms with Crippen LogP contribution in [0.2, 0.25) is 0 Å². The van der Waals surface area contributed by atoms with Crippen LogP contribution in [-0.4, -0.2) is 0 Å². The second-order valence-electron chi connectivity index (χ2n) is 3.72. The summed E-state index contributed by atoms with van der Waals surface area (Å²) in [6.45, 7) is 4.47. The Balaban J connectivity index is 0.00000169. The highest BCUT2D eigenvalue weighted by Crippen LogP contribution is 2.28. The van der Waals surface area contributed by atoms with Crippen LogP contribution < -0.4 is 5.73 Å². The van der Waals surface area contributed by atoms with Crippen molar-refractivity contribution in [2.45, 2.75) is 32.7 Å². The molecule has 4 heteroatoms. The molecule has 0 fully saturated rings. The molecule has 1 atom stereocenters. The molecular weight excluding hydrogens is 282 g/mol. The minimum atomic E-state index is 0. The molecule has 0 spiro atoms. The van der Waals surface area contributed by atoms with Crippen LogP contribution in [-0.2, 0) is 0 Å². The Kier molecular flexibility index (Phi) is 7.04. The van der Waals surface area contributed by atoms with Gasteiger partial charge < -0.3 is 5.73 Å². The van der Waals surface area contributed by atoms with Crippen molar-refractivity contribution in [3.05, 3.63) is 20.8 Å². The quantitative estimate of drug-likeness (QED) is 0.877. The van der Waals surface area contributed by atoms with E-state index < -0.39 is 0 Å². The van der Waals surface area contributed by atoms with Gasteiger partial charge in [0.25, 0.3) is 0 Å². The van der Waals surface area contributed by atoms with E-state index in [-0.39, 0.29) is 18.4 Å². The third-order valence-corrected chi connectivity index (χ3v) is 3.77. The molecule has 0 aliphatic rings. The van der Waals surface area contributed by atoms with E-state index in [0.717, 1.165) is 12.3 Å². The summed E-state index contributed by atoms with van der Waals surface area (Å²) in [6.07, 6.45) is 2.29. The first kappa shape index (κ1) is 14.4. The maximum absolute atomic E-state index is 6.05. The van der Waals surface area contributed by atoms with Crippen LogP contribution in [0.1, 0.15) is 37.6 Å². The largest absolute Gasteiger partial charge is 0.323 e. The molecule has 0 aliphatic heterocycles. The van der Waals surface area contributed by atoms with E-state index in [1.807, 2.05) is 0 Å². The monoisotopic (exact) mass is 297 g/mol. The molecule has 1 heterocycles. The lowest BCUT2D eigenvalue weighted by Gasteiger charge is -2.10. The topological polar surface area (TPSA) is 26.0 Å². The molecule has 0 saturated carbocycles. The van der Waals surface area contributed by atoms with Gasteiger partial charge in [-0.25, -0.2) is 0 Å². The highest BCUT2D eigenvalue weighted by Gasteiger charge is 2.08. The standard InChI is InChI=1S/C10H16BrNS.ClH/c1-7(2)3-4-8(12)9-5-6-10(11)13-9;/h5-8H,3-4,12H2,1-2H3;1H/t8-;/m0./s1. The predicted molar refractivity (Wildman–Crippen MR) is 70.3 cm³/mol. The van der Waals surface area contributed by atoms with Gasteiger partial charge in [-0.1, -0.05) is 13.8 Å². The summed E-state index contributed by atoms with van der Waals surface area (Å²) in [5, 5.41) is 0. The Hall–Kier alpha value is 0.430. The van der Waals surface area contributed by atoms with Gasteiger partial charge >= 0.3 is 0 Å². The Morgan fingerprint density at radius 3 is 2.43 bits per heavy atom. The second kappa shape index (κ2) is 6.83. The molecule has 0 unspecified atom stereocenters. The fourth-order valence-corrected chi connectivity index (χ4v) is 2.64.